The van der Waals surface area contributed by atoms with Gasteiger partial charge in [-0.1, -0.05) is 6.92 Å². The number of hydrogen-bond donors (Lipinski definition) is 3. The van der Waals surface area contributed by atoms with Gasteiger partial charge in [-0.15, -0.1) is 0 Å². The fourth-order valence-corrected chi connectivity index (χ4v) is 2.50. The van der Waals surface area contributed by atoms with Crippen molar-refractivity contribution >= 4 is 0 Å². The lowest BCUT2D eigenvalue weighted by molar-refractivity contribution is -0.00846. The van der Waals surface area contributed by atoms with Gasteiger partial charge < -0.3 is 19.9 Å². The molecule has 4 heteroatoms. The average molecular weight is 253 g/mol. The van der Waals surface area contributed by atoms with Crippen molar-refractivity contribution < 1.29 is 14.6 Å². The van der Waals surface area contributed by atoms with E-state index in [0.717, 1.165) is 31.6 Å². The van der Waals surface area contributed by atoms with Gasteiger partial charge in [0.2, 0.25) is 0 Å². The molecule has 1 aromatic rings. The summed E-state index contributed by atoms with van der Waals surface area (Å²) in [6, 6.07) is 3.51. The van der Waals surface area contributed by atoms with Crippen molar-refractivity contribution in [2.45, 2.75) is 44.3 Å². The molecule has 1 fully saturated rings. The van der Waals surface area contributed by atoms with Crippen LogP contribution in [0.5, 0.6) is 0 Å². The van der Waals surface area contributed by atoms with Gasteiger partial charge in [0.1, 0.15) is 11.9 Å². The molecule has 4 nitrogen and oxygen atoms in total. The summed E-state index contributed by atoms with van der Waals surface area (Å²) in [6.07, 6.45) is 4.76. The van der Waals surface area contributed by atoms with Gasteiger partial charge in [-0.25, -0.2) is 0 Å². The first-order valence-electron chi connectivity index (χ1n) is 6.74. The minimum Gasteiger partial charge on any atom is -0.467 e. The van der Waals surface area contributed by atoms with Gasteiger partial charge in [0.25, 0.3) is 0 Å². The van der Waals surface area contributed by atoms with E-state index in [1.807, 2.05) is 0 Å². The highest BCUT2D eigenvalue weighted by molar-refractivity contribution is 5.02. The second-order valence-electron chi connectivity index (χ2n) is 5.57. The van der Waals surface area contributed by atoms with Crippen LogP contribution in [0.1, 0.15) is 44.5 Å². The zero-order valence-electron chi connectivity index (χ0n) is 10.9. The molecule has 0 amide bonds. The van der Waals surface area contributed by atoms with E-state index in [1.165, 1.54) is 0 Å². The summed E-state index contributed by atoms with van der Waals surface area (Å²) >= 11 is 0. The zero-order chi connectivity index (χ0) is 13.0. The molecule has 18 heavy (non-hydrogen) atoms. The summed E-state index contributed by atoms with van der Waals surface area (Å²) in [5.41, 5.74) is -0.602. The van der Waals surface area contributed by atoms with E-state index >= 15 is 0 Å². The highest BCUT2D eigenvalue weighted by Crippen LogP contribution is 2.31. The second-order valence-corrected chi connectivity index (χ2v) is 5.57. The Bertz CT molecular complexity index is 342. The maximum Gasteiger partial charge on any atom is 0.133 e. The van der Waals surface area contributed by atoms with Crippen LogP contribution in [0.25, 0.3) is 0 Å². The molecule has 0 spiro atoms. The molecule has 1 unspecified atom stereocenters. The lowest BCUT2D eigenvalue weighted by Gasteiger charge is -2.35. The number of nitrogens with one attached hydrogen (secondary N) is 1. The van der Waals surface area contributed by atoms with E-state index < -0.39 is 11.7 Å². The Labute approximate surface area is 108 Å². The maximum absolute atomic E-state index is 10.4. The summed E-state index contributed by atoms with van der Waals surface area (Å²) in [5.74, 6) is 1.28. The number of rotatable bonds is 5. The molecule has 2 rings (SSSR count). The molecule has 1 aromatic heterocycles. The zero-order valence-corrected chi connectivity index (χ0v) is 10.9. The molecule has 0 bridgehead atoms. The maximum atomic E-state index is 10.4. The van der Waals surface area contributed by atoms with Crippen molar-refractivity contribution in [1.82, 2.24) is 5.32 Å². The Morgan fingerprint density at radius 3 is 2.83 bits per heavy atom. The molecule has 0 aliphatic heterocycles. The lowest BCUT2D eigenvalue weighted by Crippen LogP contribution is -2.44. The van der Waals surface area contributed by atoms with E-state index in [0.29, 0.717) is 18.8 Å². The summed E-state index contributed by atoms with van der Waals surface area (Å²) in [5, 5.41) is 23.3. The van der Waals surface area contributed by atoms with E-state index in [2.05, 4.69) is 12.2 Å². The molecule has 0 saturated heterocycles. The third-order valence-corrected chi connectivity index (χ3v) is 3.87. The third kappa shape index (κ3) is 3.57. The molecule has 1 aliphatic carbocycles. The summed E-state index contributed by atoms with van der Waals surface area (Å²) < 4.78 is 5.12. The van der Waals surface area contributed by atoms with Gasteiger partial charge in [-0.2, -0.15) is 0 Å². The summed E-state index contributed by atoms with van der Waals surface area (Å²) in [6.45, 7) is 3.18. The Morgan fingerprint density at radius 1 is 1.50 bits per heavy atom. The van der Waals surface area contributed by atoms with Crippen molar-refractivity contribution in [3.05, 3.63) is 24.2 Å². The molecular formula is C14H23NO3. The van der Waals surface area contributed by atoms with Gasteiger partial charge in [-0.3, -0.25) is 0 Å². The van der Waals surface area contributed by atoms with Gasteiger partial charge in [0.05, 0.1) is 11.9 Å². The average Bonchev–Trinajstić information content (AvgIpc) is 2.87. The van der Waals surface area contributed by atoms with Crippen molar-refractivity contribution in [3.8, 4) is 0 Å². The number of hydrogen-bond acceptors (Lipinski definition) is 4. The van der Waals surface area contributed by atoms with Crippen LogP contribution in [0.15, 0.2) is 22.8 Å². The summed E-state index contributed by atoms with van der Waals surface area (Å²) in [7, 11) is 0. The highest BCUT2D eigenvalue weighted by Gasteiger charge is 2.31. The molecule has 102 valence electrons. The standard InChI is InChI=1S/C14H23NO3/c1-11-4-6-14(17,7-5-11)10-15-9-12(16)13-3-2-8-18-13/h2-3,8,11-12,15-17H,4-7,9-10H2,1H3. The molecule has 3 N–H and O–H groups in total. The van der Waals surface area contributed by atoms with E-state index in [1.54, 1.807) is 18.4 Å². The molecule has 1 saturated carbocycles. The van der Waals surface area contributed by atoms with Crippen LogP contribution in [-0.2, 0) is 0 Å². The predicted octanol–water partition coefficient (Wildman–Crippen LogP) is 1.84. The number of furan rings is 1. The number of aliphatic hydroxyl groups is 2. The van der Waals surface area contributed by atoms with Crippen LogP contribution in [0.4, 0.5) is 0 Å². The van der Waals surface area contributed by atoms with Crippen LogP contribution in [-0.4, -0.2) is 28.9 Å². The van der Waals surface area contributed by atoms with Crippen LogP contribution in [0.2, 0.25) is 0 Å². The third-order valence-electron chi connectivity index (χ3n) is 3.87. The normalized spacial score (nSPS) is 30.3. The molecule has 0 radical (unpaired) electrons. The first kappa shape index (κ1) is 13.6. The van der Waals surface area contributed by atoms with Gasteiger partial charge in [0.15, 0.2) is 0 Å². The van der Waals surface area contributed by atoms with Gasteiger partial charge >= 0.3 is 0 Å². The molecule has 1 heterocycles. The topological polar surface area (TPSA) is 65.6 Å². The van der Waals surface area contributed by atoms with Crippen molar-refractivity contribution in [2.75, 3.05) is 13.1 Å². The Hall–Kier alpha value is -0.840. The van der Waals surface area contributed by atoms with E-state index in [-0.39, 0.29) is 0 Å². The van der Waals surface area contributed by atoms with E-state index in [4.69, 9.17) is 4.42 Å². The Kier molecular flexibility index (Phi) is 4.43. The molecular weight excluding hydrogens is 230 g/mol. The van der Waals surface area contributed by atoms with E-state index in [9.17, 15) is 10.2 Å². The minimum atomic E-state index is -0.647. The van der Waals surface area contributed by atoms with Gasteiger partial charge in [0, 0.05) is 13.1 Å². The smallest absolute Gasteiger partial charge is 0.133 e. The van der Waals surface area contributed by atoms with Crippen LogP contribution >= 0.6 is 0 Å². The fourth-order valence-electron chi connectivity index (χ4n) is 2.50. The first-order valence-corrected chi connectivity index (χ1v) is 6.74. The highest BCUT2D eigenvalue weighted by atomic mass is 16.4. The van der Waals surface area contributed by atoms with Crippen molar-refractivity contribution in [1.29, 1.82) is 0 Å². The largest absolute Gasteiger partial charge is 0.467 e. The monoisotopic (exact) mass is 253 g/mol. The first-order chi connectivity index (χ1) is 8.59. The minimum absolute atomic E-state index is 0.408. The van der Waals surface area contributed by atoms with Crippen molar-refractivity contribution in [2.24, 2.45) is 5.92 Å². The predicted molar refractivity (Wildman–Crippen MR) is 69.1 cm³/mol. The SMILES string of the molecule is CC1CCC(O)(CNCC(O)c2ccco2)CC1. The Morgan fingerprint density at radius 2 is 2.22 bits per heavy atom. The Balaban J connectivity index is 1.72. The number of aliphatic hydroxyl groups excluding tert-OH is 1. The summed E-state index contributed by atoms with van der Waals surface area (Å²) in [4.78, 5) is 0. The van der Waals surface area contributed by atoms with Gasteiger partial charge in [-0.05, 0) is 43.7 Å². The van der Waals surface area contributed by atoms with Crippen molar-refractivity contribution in [3.63, 3.8) is 0 Å². The second kappa shape index (κ2) is 5.87. The molecule has 1 aliphatic rings. The fraction of sp³-hybridized carbons (Fsp3) is 0.714. The van der Waals surface area contributed by atoms with Crippen LogP contribution in [0, 0.1) is 5.92 Å². The lowest BCUT2D eigenvalue weighted by atomic mass is 9.79. The van der Waals surface area contributed by atoms with Crippen LogP contribution < -0.4 is 5.32 Å². The molecule has 0 aromatic carbocycles. The molecule has 1 atom stereocenters. The van der Waals surface area contributed by atoms with Crippen LogP contribution in [0.3, 0.4) is 0 Å². The quantitative estimate of drug-likeness (QED) is 0.749.